The highest BCUT2D eigenvalue weighted by Crippen LogP contribution is 2.31. The molecular weight excluding hydrogens is 460 g/mol. The molecule has 0 saturated carbocycles. The second-order valence-corrected chi connectivity index (χ2v) is 9.58. The SMILES string of the molecule is COc1ccc(NS(=O)(=O)c2cc(-c3noc(C(=O)N4CCCCC4)n3)ccc2C)cc1OC. The van der Waals surface area contributed by atoms with Crippen LogP contribution in [0.15, 0.2) is 45.8 Å². The van der Waals surface area contributed by atoms with Gasteiger partial charge in [0.2, 0.25) is 5.82 Å². The zero-order chi connectivity index (χ0) is 24.3. The number of hydrogen-bond donors (Lipinski definition) is 1. The number of sulfonamides is 1. The number of rotatable bonds is 7. The van der Waals surface area contributed by atoms with Crippen molar-refractivity contribution < 1.29 is 27.2 Å². The van der Waals surface area contributed by atoms with E-state index in [1.807, 2.05) is 0 Å². The minimum atomic E-state index is -3.95. The van der Waals surface area contributed by atoms with Crippen LogP contribution in [-0.4, -0.2) is 56.7 Å². The lowest BCUT2D eigenvalue weighted by molar-refractivity contribution is 0.0674. The molecule has 1 amide bonds. The van der Waals surface area contributed by atoms with E-state index in [4.69, 9.17) is 14.0 Å². The Morgan fingerprint density at radius 2 is 1.76 bits per heavy atom. The molecule has 0 atom stereocenters. The molecule has 10 nitrogen and oxygen atoms in total. The third-order valence-corrected chi connectivity index (χ3v) is 7.15. The first-order valence-corrected chi connectivity index (χ1v) is 12.3. The Kier molecular flexibility index (Phi) is 6.73. The van der Waals surface area contributed by atoms with Crippen molar-refractivity contribution in [3.8, 4) is 22.9 Å². The number of piperidine rings is 1. The van der Waals surface area contributed by atoms with E-state index in [0.29, 0.717) is 41.4 Å². The molecule has 1 saturated heterocycles. The van der Waals surface area contributed by atoms with Gasteiger partial charge < -0.3 is 18.9 Å². The summed E-state index contributed by atoms with van der Waals surface area (Å²) in [7, 11) is -0.982. The molecule has 34 heavy (non-hydrogen) atoms. The van der Waals surface area contributed by atoms with Gasteiger partial charge in [-0.1, -0.05) is 17.3 Å². The third kappa shape index (κ3) is 4.84. The summed E-state index contributed by atoms with van der Waals surface area (Å²) in [6, 6.07) is 9.52. The molecule has 1 aliphatic rings. The molecule has 2 aromatic carbocycles. The summed E-state index contributed by atoms with van der Waals surface area (Å²) >= 11 is 0. The Labute approximate surface area is 197 Å². The van der Waals surface area contributed by atoms with Crippen molar-refractivity contribution in [3.63, 3.8) is 0 Å². The minimum absolute atomic E-state index is 0.0495. The number of carbonyl (C=O) groups is 1. The molecule has 1 aromatic heterocycles. The zero-order valence-corrected chi connectivity index (χ0v) is 20.0. The maximum atomic E-state index is 13.2. The number of likely N-dealkylation sites (tertiary alicyclic amines) is 1. The van der Waals surface area contributed by atoms with Crippen LogP contribution in [0.2, 0.25) is 0 Å². The fourth-order valence-electron chi connectivity index (χ4n) is 3.80. The third-order valence-electron chi connectivity index (χ3n) is 5.62. The van der Waals surface area contributed by atoms with E-state index < -0.39 is 10.0 Å². The van der Waals surface area contributed by atoms with Crippen LogP contribution in [0.3, 0.4) is 0 Å². The van der Waals surface area contributed by atoms with Crippen LogP contribution in [0, 0.1) is 6.92 Å². The number of nitrogens with zero attached hydrogens (tertiary/aromatic N) is 3. The normalized spacial score (nSPS) is 14.0. The smallest absolute Gasteiger partial charge is 0.316 e. The molecular formula is C23H26N4O6S. The lowest BCUT2D eigenvalue weighted by Crippen LogP contribution is -2.35. The summed E-state index contributed by atoms with van der Waals surface area (Å²) in [6.07, 6.45) is 2.98. The predicted molar refractivity (Wildman–Crippen MR) is 125 cm³/mol. The van der Waals surface area contributed by atoms with Gasteiger partial charge in [-0.15, -0.1) is 0 Å². The van der Waals surface area contributed by atoms with Crippen molar-refractivity contribution >= 4 is 21.6 Å². The molecule has 4 rings (SSSR count). The Bertz CT molecular complexity index is 1300. The standard InChI is InChI=1S/C23H26N4O6S/c1-15-7-8-16(21-24-22(33-25-21)23(28)27-11-5-4-6-12-27)13-20(15)34(29,30)26-17-9-10-18(31-2)19(14-17)32-3/h7-10,13-14,26H,4-6,11-12H2,1-3H3. The molecule has 1 aliphatic heterocycles. The number of nitrogens with one attached hydrogen (secondary N) is 1. The fourth-order valence-corrected chi connectivity index (χ4v) is 5.12. The van der Waals surface area contributed by atoms with Crippen LogP contribution in [-0.2, 0) is 10.0 Å². The highest BCUT2D eigenvalue weighted by atomic mass is 32.2. The maximum absolute atomic E-state index is 13.2. The van der Waals surface area contributed by atoms with Gasteiger partial charge in [-0.25, -0.2) is 8.42 Å². The van der Waals surface area contributed by atoms with Crippen molar-refractivity contribution in [1.82, 2.24) is 15.0 Å². The number of aromatic nitrogens is 2. The molecule has 0 bridgehead atoms. The minimum Gasteiger partial charge on any atom is -0.493 e. The van der Waals surface area contributed by atoms with E-state index in [0.717, 1.165) is 19.3 Å². The van der Waals surface area contributed by atoms with Gasteiger partial charge in [0.1, 0.15) is 0 Å². The van der Waals surface area contributed by atoms with Crippen molar-refractivity contribution in [2.75, 3.05) is 32.0 Å². The van der Waals surface area contributed by atoms with Crippen LogP contribution < -0.4 is 14.2 Å². The summed E-state index contributed by atoms with van der Waals surface area (Å²) in [5.41, 5.74) is 1.26. The lowest BCUT2D eigenvalue weighted by atomic mass is 10.1. The van der Waals surface area contributed by atoms with Crippen molar-refractivity contribution in [2.24, 2.45) is 0 Å². The van der Waals surface area contributed by atoms with E-state index in [-0.39, 0.29) is 22.5 Å². The second kappa shape index (κ2) is 9.72. The van der Waals surface area contributed by atoms with Crippen LogP contribution in [0.25, 0.3) is 11.4 Å². The molecule has 1 fully saturated rings. The zero-order valence-electron chi connectivity index (χ0n) is 19.2. The molecule has 0 spiro atoms. The first kappa shape index (κ1) is 23.6. The largest absolute Gasteiger partial charge is 0.493 e. The van der Waals surface area contributed by atoms with Gasteiger partial charge in [0.15, 0.2) is 11.5 Å². The van der Waals surface area contributed by atoms with Gasteiger partial charge in [0.25, 0.3) is 10.0 Å². The van der Waals surface area contributed by atoms with Crippen molar-refractivity contribution in [1.29, 1.82) is 0 Å². The predicted octanol–water partition coefficient (Wildman–Crippen LogP) is 3.49. The number of methoxy groups -OCH3 is 2. The number of ether oxygens (including phenoxy) is 2. The van der Waals surface area contributed by atoms with Gasteiger partial charge in [0, 0.05) is 24.7 Å². The summed E-state index contributed by atoms with van der Waals surface area (Å²) in [5, 5.41) is 3.90. The van der Waals surface area contributed by atoms with Gasteiger partial charge in [-0.3, -0.25) is 9.52 Å². The Morgan fingerprint density at radius 3 is 2.47 bits per heavy atom. The number of benzene rings is 2. The van der Waals surface area contributed by atoms with Gasteiger partial charge >= 0.3 is 11.8 Å². The van der Waals surface area contributed by atoms with Gasteiger partial charge in [-0.05, 0) is 49.9 Å². The van der Waals surface area contributed by atoms with Crippen LogP contribution in [0.5, 0.6) is 11.5 Å². The summed E-state index contributed by atoms with van der Waals surface area (Å²) in [5.74, 6) is 0.600. The van der Waals surface area contributed by atoms with Gasteiger partial charge in [-0.2, -0.15) is 4.98 Å². The van der Waals surface area contributed by atoms with E-state index in [9.17, 15) is 13.2 Å². The maximum Gasteiger partial charge on any atom is 0.316 e. The lowest BCUT2D eigenvalue weighted by Gasteiger charge is -2.24. The first-order chi connectivity index (χ1) is 16.3. The number of aryl methyl sites for hydroxylation is 1. The molecule has 11 heteroatoms. The quantitative estimate of drug-likeness (QED) is 0.538. The average Bonchev–Trinajstić information content (AvgIpc) is 3.34. The first-order valence-electron chi connectivity index (χ1n) is 10.8. The summed E-state index contributed by atoms with van der Waals surface area (Å²) < 4.78 is 44.5. The van der Waals surface area contributed by atoms with Crippen molar-refractivity contribution in [3.05, 3.63) is 47.9 Å². The molecule has 180 valence electrons. The molecule has 0 radical (unpaired) electrons. The molecule has 0 aliphatic carbocycles. The highest BCUT2D eigenvalue weighted by molar-refractivity contribution is 7.92. The Balaban J connectivity index is 1.60. The molecule has 1 N–H and O–H groups in total. The molecule has 2 heterocycles. The Morgan fingerprint density at radius 1 is 1.03 bits per heavy atom. The van der Waals surface area contributed by atoms with E-state index in [2.05, 4.69) is 14.9 Å². The Hall–Kier alpha value is -3.60. The van der Waals surface area contributed by atoms with E-state index in [1.165, 1.54) is 26.4 Å². The number of hydrogen-bond acceptors (Lipinski definition) is 8. The van der Waals surface area contributed by atoms with Crippen LogP contribution in [0.4, 0.5) is 5.69 Å². The highest BCUT2D eigenvalue weighted by Gasteiger charge is 2.25. The molecule has 0 unspecified atom stereocenters. The fraction of sp³-hybridized carbons (Fsp3) is 0.348. The second-order valence-electron chi connectivity index (χ2n) is 7.93. The van der Waals surface area contributed by atoms with Crippen LogP contribution >= 0.6 is 0 Å². The number of carbonyl (C=O) groups excluding carboxylic acids is 1. The average molecular weight is 487 g/mol. The number of anilines is 1. The monoisotopic (exact) mass is 486 g/mol. The number of amides is 1. The van der Waals surface area contributed by atoms with E-state index in [1.54, 1.807) is 36.1 Å². The van der Waals surface area contributed by atoms with Gasteiger partial charge in [0.05, 0.1) is 24.8 Å². The van der Waals surface area contributed by atoms with E-state index >= 15 is 0 Å². The summed E-state index contributed by atoms with van der Waals surface area (Å²) in [6.45, 7) is 3.01. The van der Waals surface area contributed by atoms with Crippen LogP contribution in [0.1, 0.15) is 35.5 Å². The summed E-state index contributed by atoms with van der Waals surface area (Å²) in [4.78, 5) is 18.6. The van der Waals surface area contributed by atoms with Crippen molar-refractivity contribution in [2.45, 2.75) is 31.1 Å². The topological polar surface area (TPSA) is 124 Å². The molecule has 3 aromatic rings.